The molecular weight excluding hydrogens is 296 g/mol. The molecule has 20 heavy (non-hydrogen) atoms. The molecule has 3 rings (SSSR count). The van der Waals surface area contributed by atoms with E-state index < -0.39 is 0 Å². The Bertz CT molecular complexity index is 757. The van der Waals surface area contributed by atoms with Crippen LogP contribution in [0.25, 0.3) is 5.78 Å². The van der Waals surface area contributed by atoms with Crippen molar-refractivity contribution in [1.82, 2.24) is 19.6 Å². The zero-order chi connectivity index (χ0) is 14.1. The Morgan fingerprint density at radius 3 is 2.70 bits per heavy atom. The van der Waals surface area contributed by atoms with Gasteiger partial charge in [-0.05, 0) is 31.2 Å². The van der Waals surface area contributed by atoms with Gasteiger partial charge < -0.3 is 4.74 Å². The first-order valence-corrected chi connectivity index (χ1v) is 7.06. The summed E-state index contributed by atoms with van der Waals surface area (Å²) in [5, 5.41) is 5.54. The van der Waals surface area contributed by atoms with Gasteiger partial charge in [-0.2, -0.15) is 19.6 Å². The Hall–Kier alpha value is -1.79. The van der Waals surface area contributed by atoms with Gasteiger partial charge in [-0.25, -0.2) is 0 Å². The molecule has 0 aliphatic rings. The minimum atomic E-state index is 0.446. The second kappa shape index (κ2) is 5.30. The first-order valence-electron chi connectivity index (χ1n) is 5.87. The molecule has 0 aliphatic carbocycles. The zero-order valence-corrected chi connectivity index (χ0v) is 12.4. The van der Waals surface area contributed by atoms with E-state index in [-0.39, 0.29) is 0 Å². The second-order valence-corrected chi connectivity index (χ2v) is 5.50. The lowest BCUT2D eigenvalue weighted by Crippen LogP contribution is -1.99. The second-order valence-electron chi connectivity index (χ2n) is 4.08. The molecule has 2 aromatic heterocycles. The summed E-state index contributed by atoms with van der Waals surface area (Å²) in [5.41, 5.74) is 0.880. The molecule has 0 fully saturated rings. The van der Waals surface area contributed by atoms with Crippen molar-refractivity contribution >= 4 is 29.1 Å². The van der Waals surface area contributed by atoms with Crippen LogP contribution in [0.5, 0.6) is 5.75 Å². The van der Waals surface area contributed by atoms with E-state index in [4.69, 9.17) is 16.3 Å². The molecule has 1 aromatic carbocycles. The Morgan fingerprint density at radius 1 is 1.25 bits per heavy atom. The van der Waals surface area contributed by atoms with Crippen LogP contribution < -0.4 is 4.74 Å². The number of ether oxygens (including phenoxy) is 1. The van der Waals surface area contributed by atoms with Crippen molar-refractivity contribution in [2.45, 2.75) is 16.8 Å². The maximum atomic E-state index is 6.14. The first kappa shape index (κ1) is 13.2. The molecule has 7 heteroatoms. The number of fused-ring (bicyclic) bond motifs is 1. The molecule has 0 amide bonds. The summed E-state index contributed by atoms with van der Waals surface area (Å²) in [6.07, 6.45) is 1.47. The Morgan fingerprint density at radius 2 is 2.00 bits per heavy atom. The highest BCUT2D eigenvalue weighted by Crippen LogP contribution is 2.33. The summed E-state index contributed by atoms with van der Waals surface area (Å²) in [7, 11) is 1.65. The van der Waals surface area contributed by atoms with Crippen LogP contribution in [-0.2, 0) is 0 Å². The van der Waals surface area contributed by atoms with E-state index in [0.717, 1.165) is 21.2 Å². The van der Waals surface area contributed by atoms with Crippen LogP contribution in [0.15, 0.2) is 40.5 Å². The van der Waals surface area contributed by atoms with E-state index in [1.165, 1.54) is 6.33 Å². The van der Waals surface area contributed by atoms with Gasteiger partial charge in [0.2, 0.25) is 0 Å². The molecule has 2 heterocycles. The van der Waals surface area contributed by atoms with Gasteiger partial charge in [-0.3, -0.25) is 0 Å². The van der Waals surface area contributed by atoms with Crippen LogP contribution in [-0.4, -0.2) is 26.7 Å². The zero-order valence-electron chi connectivity index (χ0n) is 10.9. The van der Waals surface area contributed by atoms with Crippen molar-refractivity contribution in [2.24, 2.45) is 0 Å². The van der Waals surface area contributed by atoms with Gasteiger partial charge in [-0.1, -0.05) is 23.4 Å². The Labute approximate surface area is 125 Å². The molecule has 0 saturated carbocycles. The van der Waals surface area contributed by atoms with Gasteiger partial charge in [0.1, 0.15) is 22.3 Å². The number of methoxy groups -OCH3 is 1. The smallest absolute Gasteiger partial charge is 0.254 e. The molecule has 0 aliphatic heterocycles. The van der Waals surface area contributed by atoms with Crippen molar-refractivity contribution < 1.29 is 4.74 Å². The Balaban J connectivity index is 2.04. The molecule has 0 spiro atoms. The number of aromatic nitrogens is 4. The van der Waals surface area contributed by atoms with Crippen LogP contribution in [0, 0.1) is 6.92 Å². The minimum Gasteiger partial charge on any atom is -0.497 e. The van der Waals surface area contributed by atoms with E-state index in [0.29, 0.717) is 10.9 Å². The van der Waals surface area contributed by atoms with Crippen LogP contribution in [0.3, 0.4) is 0 Å². The topological polar surface area (TPSA) is 52.3 Å². The fourth-order valence-electron chi connectivity index (χ4n) is 1.75. The predicted octanol–water partition coefficient (Wildman–Crippen LogP) is 3.25. The first-order chi connectivity index (χ1) is 9.69. The van der Waals surface area contributed by atoms with Crippen molar-refractivity contribution in [1.29, 1.82) is 0 Å². The molecule has 3 aromatic rings. The van der Waals surface area contributed by atoms with Crippen molar-refractivity contribution in [3.8, 4) is 5.75 Å². The fourth-order valence-corrected chi connectivity index (χ4v) is 2.93. The molecule has 5 nitrogen and oxygen atoms in total. The van der Waals surface area contributed by atoms with Crippen LogP contribution in [0.4, 0.5) is 0 Å². The number of nitrogens with zero attached hydrogens (tertiary/aromatic N) is 4. The van der Waals surface area contributed by atoms with E-state index in [2.05, 4.69) is 15.1 Å². The van der Waals surface area contributed by atoms with Crippen molar-refractivity contribution in [3.63, 3.8) is 0 Å². The van der Waals surface area contributed by atoms with E-state index in [9.17, 15) is 0 Å². The highest BCUT2D eigenvalue weighted by molar-refractivity contribution is 7.99. The van der Waals surface area contributed by atoms with Crippen LogP contribution >= 0.6 is 23.4 Å². The van der Waals surface area contributed by atoms with Crippen LogP contribution in [0.2, 0.25) is 5.15 Å². The Kier molecular flexibility index (Phi) is 3.50. The fraction of sp³-hybridized carbons (Fsp3) is 0.154. The quantitative estimate of drug-likeness (QED) is 0.695. The minimum absolute atomic E-state index is 0.446. The largest absolute Gasteiger partial charge is 0.497 e. The highest BCUT2D eigenvalue weighted by Gasteiger charge is 2.13. The maximum Gasteiger partial charge on any atom is 0.254 e. The third-order valence-corrected chi connectivity index (χ3v) is 4.37. The lowest BCUT2D eigenvalue weighted by Gasteiger charge is -2.09. The van der Waals surface area contributed by atoms with E-state index >= 15 is 0 Å². The lowest BCUT2D eigenvalue weighted by molar-refractivity contribution is 0.414. The molecule has 0 unspecified atom stereocenters. The van der Waals surface area contributed by atoms with Gasteiger partial charge in [0.25, 0.3) is 5.78 Å². The lowest BCUT2D eigenvalue weighted by atomic mass is 10.3. The number of hydrogen-bond acceptors (Lipinski definition) is 5. The van der Waals surface area contributed by atoms with Gasteiger partial charge in [-0.15, -0.1) is 0 Å². The summed E-state index contributed by atoms with van der Waals surface area (Å²) in [6.45, 7) is 1.92. The molecular formula is C13H11ClN4OS. The van der Waals surface area contributed by atoms with Gasteiger partial charge in [0.15, 0.2) is 0 Å². The van der Waals surface area contributed by atoms with Gasteiger partial charge >= 0.3 is 0 Å². The number of hydrogen-bond donors (Lipinski definition) is 0. The number of halogens is 1. The van der Waals surface area contributed by atoms with Crippen molar-refractivity contribution in [3.05, 3.63) is 41.3 Å². The summed E-state index contributed by atoms with van der Waals surface area (Å²) in [5.74, 6) is 1.32. The summed E-state index contributed by atoms with van der Waals surface area (Å²) < 4.78 is 6.84. The van der Waals surface area contributed by atoms with Crippen molar-refractivity contribution in [2.75, 3.05) is 7.11 Å². The highest BCUT2D eigenvalue weighted by atomic mass is 35.5. The molecule has 102 valence electrons. The normalized spacial score (nSPS) is 10.9. The van der Waals surface area contributed by atoms with Crippen LogP contribution in [0.1, 0.15) is 5.56 Å². The monoisotopic (exact) mass is 306 g/mol. The number of rotatable bonds is 3. The third-order valence-electron chi connectivity index (χ3n) is 2.82. The van der Waals surface area contributed by atoms with Gasteiger partial charge in [0, 0.05) is 10.5 Å². The standard InChI is InChI=1S/C13H11ClN4OS/c1-8-11(14)17-13-15-7-16-18(13)12(8)20-10-5-3-9(19-2)4-6-10/h3-7H,1-2H3. The molecule has 0 N–H and O–H groups in total. The average Bonchev–Trinajstić information content (AvgIpc) is 2.92. The number of benzene rings is 1. The summed E-state index contributed by atoms with van der Waals surface area (Å²) in [6, 6.07) is 7.80. The van der Waals surface area contributed by atoms with E-state index in [1.807, 2.05) is 31.2 Å². The van der Waals surface area contributed by atoms with Gasteiger partial charge in [0.05, 0.1) is 7.11 Å². The van der Waals surface area contributed by atoms with E-state index in [1.54, 1.807) is 23.4 Å². The summed E-state index contributed by atoms with van der Waals surface area (Å²) in [4.78, 5) is 9.32. The third kappa shape index (κ3) is 2.32. The summed E-state index contributed by atoms with van der Waals surface area (Å²) >= 11 is 7.70. The molecule has 0 radical (unpaired) electrons. The molecule has 0 saturated heterocycles. The molecule has 0 atom stereocenters. The SMILES string of the molecule is COc1ccc(Sc2c(C)c(Cl)nc3ncnn23)cc1. The average molecular weight is 307 g/mol. The molecule has 0 bridgehead atoms. The predicted molar refractivity (Wildman–Crippen MR) is 77.6 cm³/mol. The maximum absolute atomic E-state index is 6.14.